The molecule has 150 valence electrons. The number of carbonyl (C=O) groups excluding carboxylic acids is 1. The Kier molecular flexibility index (Phi) is 5.55. The number of phenolic OH excluding ortho intramolecular Hbond substituents is 1. The zero-order valence-corrected chi connectivity index (χ0v) is 17.0. The van der Waals surface area contributed by atoms with Gasteiger partial charge in [-0.25, -0.2) is 4.98 Å². The molecule has 4 aromatic rings. The molecular formula is C24H19ClN2O3. The summed E-state index contributed by atoms with van der Waals surface area (Å²) in [6.07, 6.45) is 0.00748. The van der Waals surface area contributed by atoms with Gasteiger partial charge in [-0.1, -0.05) is 54.1 Å². The first kappa shape index (κ1) is 19.7. The molecule has 5 nitrogen and oxygen atoms in total. The number of hydrogen-bond acceptors (Lipinski definition) is 4. The summed E-state index contributed by atoms with van der Waals surface area (Å²) in [5, 5.41) is 13.5. The van der Waals surface area contributed by atoms with Crippen molar-refractivity contribution in [1.29, 1.82) is 0 Å². The Labute approximate surface area is 179 Å². The number of benzene rings is 3. The smallest absolute Gasteiger partial charge is 0.231 e. The van der Waals surface area contributed by atoms with Crippen LogP contribution in [0.4, 0.5) is 5.88 Å². The van der Waals surface area contributed by atoms with E-state index in [0.717, 1.165) is 16.7 Å². The van der Waals surface area contributed by atoms with Crippen LogP contribution in [0.2, 0.25) is 5.02 Å². The largest absolute Gasteiger partial charge is 0.508 e. The molecule has 0 aliphatic rings. The van der Waals surface area contributed by atoms with E-state index >= 15 is 0 Å². The van der Waals surface area contributed by atoms with Gasteiger partial charge < -0.3 is 9.52 Å². The third-order valence-corrected chi connectivity index (χ3v) is 4.86. The molecule has 1 amide bonds. The summed E-state index contributed by atoms with van der Waals surface area (Å²) in [5.74, 6) is 0.410. The van der Waals surface area contributed by atoms with Crippen molar-refractivity contribution >= 4 is 23.4 Å². The highest BCUT2D eigenvalue weighted by atomic mass is 35.5. The average Bonchev–Trinajstić information content (AvgIpc) is 3.15. The Morgan fingerprint density at radius 3 is 2.47 bits per heavy atom. The van der Waals surface area contributed by atoms with E-state index in [0.29, 0.717) is 22.2 Å². The van der Waals surface area contributed by atoms with E-state index in [1.807, 2.05) is 55.5 Å². The summed E-state index contributed by atoms with van der Waals surface area (Å²) in [6.45, 7) is 1.88. The lowest BCUT2D eigenvalue weighted by atomic mass is 10.1. The van der Waals surface area contributed by atoms with E-state index in [1.165, 1.54) is 0 Å². The van der Waals surface area contributed by atoms with Gasteiger partial charge in [-0.15, -0.1) is 0 Å². The number of halogens is 1. The van der Waals surface area contributed by atoms with Crippen molar-refractivity contribution in [2.75, 3.05) is 5.32 Å². The minimum atomic E-state index is -0.319. The fourth-order valence-corrected chi connectivity index (χ4v) is 3.21. The lowest BCUT2D eigenvalue weighted by molar-refractivity contribution is -0.115. The summed E-state index contributed by atoms with van der Waals surface area (Å²) in [4.78, 5) is 17.3. The first-order chi connectivity index (χ1) is 14.5. The van der Waals surface area contributed by atoms with Gasteiger partial charge in [-0.05, 0) is 42.8 Å². The standard InChI is InChI=1S/C24H19ClN2O3/c1-15-7-8-18(20(28)13-15)14-21(29)26-24-22(16-9-11-19(25)12-10-16)27-23(30-24)17-5-3-2-4-6-17/h2-13,28H,14H2,1H3,(H,26,29). The quantitative estimate of drug-likeness (QED) is 0.425. The van der Waals surface area contributed by atoms with Crippen LogP contribution < -0.4 is 5.32 Å². The fourth-order valence-electron chi connectivity index (χ4n) is 3.08. The first-order valence-electron chi connectivity index (χ1n) is 9.40. The van der Waals surface area contributed by atoms with E-state index in [1.54, 1.807) is 24.3 Å². The Morgan fingerprint density at radius 1 is 1.03 bits per heavy atom. The minimum Gasteiger partial charge on any atom is -0.508 e. The first-order valence-corrected chi connectivity index (χ1v) is 9.78. The molecule has 0 spiro atoms. The topological polar surface area (TPSA) is 75.4 Å². The number of aromatic hydroxyl groups is 1. The number of anilines is 1. The molecule has 1 aromatic heterocycles. The fraction of sp³-hybridized carbons (Fsp3) is 0.0833. The summed E-state index contributed by atoms with van der Waals surface area (Å²) in [6, 6.07) is 21.8. The highest BCUT2D eigenvalue weighted by Gasteiger charge is 2.19. The average molecular weight is 419 g/mol. The van der Waals surface area contributed by atoms with Crippen LogP contribution in [-0.4, -0.2) is 16.0 Å². The highest BCUT2D eigenvalue weighted by Crippen LogP contribution is 2.33. The molecule has 0 saturated heterocycles. The van der Waals surface area contributed by atoms with E-state index in [-0.39, 0.29) is 24.0 Å². The predicted octanol–water partition coefficient (Wildman–Crippen LogP) is 5.86. The molecule has 0 atom stereocenters. The monoisotopic (exact) mass is 418 g/mol. The lowest BCUT2D eigenvalue weighted by Gasteiger charge is -2.07. The van der Waals surface area contributed by atoms with Crippen molar-refractivity contribution in [1.82, 2.24) is 4.98 Å². The molecule has 0 saturated carbocycles. The van der Waals surface area contributed by atoms with Crippen molar-refractivity contribution in [3.8, 4) is 28.5 Å². The predicted molar refractivity (Wildman–Crippen MR) is 118 cm³/mol. The van der Waals surface area contributed by atoms with Gasteiger partial charge in [-0.3, -0.25) is 10.1 Å². The van der Waals surface area contributed by atoms with Crippen LogP contribution >= 0.6 is 11.6 Å². The number of carbonyl (C=O) groups is 1. The molecule has 0 fully saturated rings. The summed E-state index contributed by atoms with van der Waals surface area (Å²) in [7, 11) is 0. The molecule has 1 heterocycles. The molecule has 6 heteroatoms. The summed E-state index contributed by atoms with van der Waals surface area (Å²) >= 11 is 6.00. The number of hydrogen-bond donors (Lipinski definition) is 2. The van der Waals surface area contributed by atoms with Crippen LogP contribution in [0.15, 0.2) is 77.2 Å². The molecule has 4 rings (SSSR count). The third kappa shape index (κ3) is 4.36. The van der Waals surface area contributed by atoms with Crippen LogP contribution in [0.1, 0.15) is 11.1 Å². The number of amides is 1. The molecule has 0 bridgehead atoms. The Morgan fingerprint density at radius 2 is 1.77 bits per heavy atom. The molecule has 2 N–H and O–H groups in total. The third-order valence-electron chi connectivity index (χ3n) is 4.61. The second kappa shape index (κ2) is 8.43. The molecule has 30 heavy (non-hydrogen) atoms. The van der Waals surface area contributed by atoms with Crippen molar-refractivity contribution < 1.29 is 14.3 Å². The van der Waals surface area contributed by atoms with Gasteiger partial charge in [0.15, 0.2) is 0 Å². The van der Waals surface area contributed by atoms with Gasteiger partial charge in [-0.2, -0.15) is 0 Å². The van der Waals surface area contributed by atoms with Gasteiger partial charge in [0.25, 0.3) is 0 Å². The van der Waals surface area contributed by atoms with Gasteiger partial charge in [0, 0.05) is 21.7 Å². The second-order valence-corrected chi connectivity index (χ2v) is 7.36. The van der Waals surface area contributed by atoms with Crippen LogP contribution in [0, 0.1) is 6.92 Å². The van der Waals surface area contributed by atoms with Crippen molar-refractivity contribution in [3.63, 3.8) is 0 Å². The zero-order chi connectivity index (χ0) is 21.1. The maximum atomic E-state index is 12.7. The summed E-state index contributed by atoms with van der Waals surface area (Å²) < 4.78 is 5.90. The van der Waals surface area contributed by atoms with Crippen LogP contribution in [-0.2, 0) is 11.2 Å². The van der Waals surface area contributed by atoms with E-state index in [2.05, 4.69) is 10.3 Å². The van der Waals surface area contributed by atoms with Gasteiger partial charge in [0.2, 0.25) is 17.7 Å². The number of phenols is 1. The van der Waals surface area contributed by atoms with Gasteiger partial charge in [0.1, 0.15) is 11.4 Å². The van der Waals surface area contributed by atoms with Gasteiger partial charge >= 0.3 is 0 Å². The van der Waals surface area contributed by atoms with Crippen molar-refractivity contribution in [3.05, 3.63) is 88.9 Å². The minimum absolute atomic E-state index is 0.00748. The normalized spacial score (nSPS) is 10.7. The maximum absolute atomic E-state index is 12.7. The van der Waals surface area contributed by atoms with E-state index in [9.17, 15) is 9.90 Å². The van der Waals surface area contributed by atoms with E-state index in [4.69, 9.17) is 16.0 Å². The molecule has 0 unspecified atom stereocenters. The van der Waals surface area contributed by atoms with Crippen molar-refractivity contribution in [2.24, 2.45) is 0 Å². The molecule has 0 aliphatic heterocycles. The Bertz CT molecular complexity index is 1190. The number of oxazole rings is 1. The zero-order valence-electron chi connectivity index (χ0n) is 16.2. The van der Waals surface area contributed by atoms with Crippen LogP contribution in [0.5, 0.6) is 5.75 Å². The van der Waals surface area contributed by atoms with E-state index < -0.39 is 0 Å². The molecule has 0 radical (unpaired) electrons. The van der Waals surface area contributed by atoms with Crippen LogP contribution in [0.25, 0.3) is 22.7 Å². The SMILES string of the molecule is Cc1ccc(CC(=O)Nc2oc(-c3ccccc3)nc2-c2ccc(Cl)cc2)c(O)c1. The number of aryl methyl sites for hydroxylation is 1. The number of aromatic nitrogens is 1. The molecule has 3 aromatic carbocycles. The maximum Gasteiger partial charge on any atom is 0.231 e. The number of nitrogens with one attached hydrogen (secondary N) is 1. The van der Waals surface area contributed by atoms with Crippen LogP contribution in [0.3, 0.4) is 0 Å². The number of nitrogens with zero attached hydrogens (tertiary/aromatic N) is 1. The van der Waals surface area contributed by atoms with Crippen molar-refractivity contribution in [2.45, 2.75) is 13.3 Å². The molecular weight excluding hydrogens is 400 g/mol. The Hall–Kier alpha value is -3.57. The van der Waals surface area contributed by atoms with Gasteiger partial charge in [0.05, 0.1) is 6.42 Å². The molecule has 0 aliphatic carbocycles. The summed E-state index contributed by atoms with van der Waals surface area (Å²) in [5.41, 5.74) is 3.52. The number of rotatable bonds is 5. The highest BCUT2D eigenvalue weighted by molar-refractivity contribution is 6.30. The second-order valence-electron chi connectivity index (χ2n) is 6.93. The lowest BCUT2D eigenvalue weighted by Crippen LogP contribution is -2.14. The Balaban J connectivity index is 1.66.